The van der Waals surface area contributed by atoms with Crippen LogP contribution in [0.3, 0.4) is 0 Å². The number of benzene rings is 1. The van der Waals surface area contributed by atoms with Crippen molar-refractivity contribution in [3.8, 4) is 0 Å². The monoisotopic (exact) mass is 470 g/mol. The zero-order chi connectivity index (χ0) is 24.1. The Morgan fingerprint density at radius 3 is 2.65 bits per heavy atom. The lowest BCUT2D eigenvalue weighted by Gasteiger charge is -2.44. The second-order valence-electron chi connectivity index (χ2n) is 8.54. The molecule has 5 atom stereocenters. The van der Waals surface area contributed by atoms with Gasteiger partial charge in [0.1, 0.15) is 18.1 Å². The number of carbonyl (C=O) groups excluding carboxylic acids is 4. The number of amides is 3. The fourth-order valence-electron chi connectivity index (χ4n) is 4.55. The predicted octanol–water partition coefficient (Wildman–Crippen LogP) is 0.0983. The van der Waals surface area contributed by atoms with E-state index < -0.39 is 36.3 Å². The van der Waals surface area contributed by atoms with E-state index in [1.807, 2.05) is 18.2 Å². The van der Waals surface area contributed by atoms with Crippen molar-refractivity contribution in [1.82, 2.24) is 20.9 Å². The van der Waals surface area contributed by atoms with Gasteiger partial charge in [0.2, 0.25) is 18.1 Å². The van der Waals surface area contributed by atoms with Crippen LogP contribution in [0.15, 0.2) is 42.5 Å². The van der Waals surface area contributed by atoms with E-state index >= 15 is 0 Å². The number of piperazine rings is 1. The molecule has 4 rings (SSSR count). The number of rotatable bonds is 6. The quantitative estimate of drug-likeness (QED) is 0.398. The van der Waals surface area contributed by atoms with Gasteiger partial charge in [-0.15, -0.1) is 0 Å². The smallest absolute Gasteiger partial charge is 0.310 e. The maximum atomic E-state index is 13.6. The summed E-state index contributed by atoms with van der Waals surface area (Å²) in [5.41, 5.74) is 0.459. The van der Waals surface area contributed by atoms with Gasteiger partial charge < -0.3 is 30.3 Å². The Morgan fingerprint density at radius 1 is 1.12 bits per heavy atom. The number of cyclic esters (lactones) is 1. The van der Waals surface area contributed by atoms with Crippen LogP contribution >= 0.6 is 0 Å². The first-order chi connectivity index (χ1) is 16.5. The molecule has 3 heterocycles. The molecule has 2 fully saturated rings. The van der Waals surface area contributed by atoms with Crippen molar-refractivity contribution < 1.29 is 28.7 Å². The molecule has 3 aliphatic rings. The van der Waals surface area contributed by atoms with Gasteiger partial charge in [0, 0.05) is 31.3 Å². The minimum Gasteiger partial charge on any atom is -0.433 e. The molecule has 0 radical (unpaired) electrons. The molecule has 1 aromatic rings. The molecule has 2 unspecified atom stereocenters. The average Bonchev–Trinajstić information content (AvgIpc) is 3.18. The second kappa shape index (κ2) is 10.8. The van der Waals surface area contributed by atoms with Crippen molar-refractivity contribution in [3.05, 3.63) is 48.0 Å². The maximum Gasteiger partial charge on any atom is 0.310 e. The number of esters is 1. The van der Waals surface area contributed by atoms with E-state index in [1.165, 1.54) is 0 Å². The zero-order valence-electron chi connectivity index (χ0n) is 19.1. The molecule has 0 aliphatic carbocycles. The van der Waals surface area contributed by atoms with Crippen molar-refractivity contribution in [2.45, 2.75) is 56.6 Å². The summed E-state index contributed by atoms with van der Waals surface area (Å²) in [6.07, 6.45) is 3.95. The van der Waals surface area contributed by atoms with Gasteiger partial charge in [-0.3, -0.25) is 19.2 Å². The first kappa shape index (κ1) is 23.9. The molecule has 0 aromatic heterocycles. The van der Waals surface area contributed by atoms with Crippen LogP contribution < -0.4 is 16.0 Å². The largest absolute Gasteiger partial charge is 0.433 e. The van der Waals surface area contributed by atoms with E-state index in [2.05, 4.69) is 16.0 Å². The highest BCUT2D eigenvalue weighted by Gasteiger charge is 2.43. The van der Waals surface area contributed by atoms with Crippen LogP contribution in [0.1, 0.15) is 36.5 Å². The van der Waals surface area contributed by atoms with Crippen LogP contribution in [0.5, 0.6) is 0 Å². The van der Waals surface area contributed by atoms with E-state index in [0.29, 0.717) is 31.6 Å². The minimum absolute atomic E-state index is 0.00638. The summed E-state index contributed by atoms with van der Waals surface area (Å²) >= 11 is 0. The Bertz CT molecular complexity index is 952. The standard InChI is InChI=1S/C24H30N4O6/c1-2-33-24-18(12-20(29)34-24)27-22(31)19-14-25-13-16-10-6-7-11-17(23(32)28(16)19)26-21(30)15-8-4-3-5-9-15/h3-9,16-19,24-25H,2,10-14H2,1H3,(H,26,30)(H,27,31)/t16-,17-,18?,19-,24?/m0/s1. The highest BCUT2D eigenvalue weighted by molar-refractivity contribution is 5.98. The molecule has 0 spiro atoms. The van der Waals surface area contributed by atoms with Crippen LogP contribution in [0.25, 0.3) is 0 Å². The van der Waals surface area contributed by atoms with Crippen molar-refractivity contribution in [1.29, 1.82) is 0 Å². The number of hydrogen-bond donors (Lipinski definition) is 3. The Labute approximate surface area is 198 Å². The first-order valence-electron chi connectivity index (χ1n) is 11.6. The van der Waals surface area contributed by atoms with Crippen LogP contribution in [0.2, 0.25) is 0 Å². The number of fused-ring (bicyclic) bond motifs is 1. The third-order valence-corrected chi connectivity index (χ3v) is 6.21. The molecule has 3 amide bonds. The highest BCUT2D eigenvalue weighted by atomic mass is 16.7. The third-order valence-electron chi connectivity index (χ3n) is 6.21. The summed E-state index contributed by atoms with van der Waals surface area (Å²) < 4.78 is 10.6. The summed E-state index contributed by atoms with van der Waals surface area (Å²) in [6.45, 7) is 2.90. The van der Waals surface area contributed by atoms with E-state index in [1.54, 1.807) is 36.1 Å². The van der Waals surface area contributed by atoms with Crippen LogP contribution in [-0.2, 0) is 23.9 Å². The lowest BCUT2D eigenvalue weighted by molar-refractivity contribution is -0.165. The molecule has 34 heavy (non-hydrogen) atoms. The second-order valence-corrected chi connectivity index (χ2v) is 8.54. The molecule has 182 valence electrons. The van der Waals surface area contributed by atoms with Gasteiger partial charge in [0.15, 0.2) is 0 Å². The number of hydrogen-bond acceptors (Lipinski definition) is 7. The van der Waals surface area contributed by atoms with E-state index in [0.717, 1.165) is 0 Å². The molecule has 1 aromatic carbocycles. The predicted molar refractivity (Wildman–Crippen MR) is 121 cm³/mol. The maximum absolute atomic E-state index is 13.6. The van der Waals surface area contributed by atoms with E-state index in [-0.39, 0.29) is 30.8 Å². The van der Waals surface area contributed by atoms with Crippen LogP contribution in [-0.4, -0.2) is 78.7 Å². The lowest BCUT2D eigenvalue weighted by Crippen LogP contribution is -2.67. The van der Waals surface area contributed by atoms with Gasteiger partial charge in [-0.1, -0.05) is 30.4 Å². The number of nitrogens with one attached hydrogen (secondary N) is 3. The summed E-state index contributed by atoms with van der Waals surface area (Å²) in [5, 5.41) is 8.90. The van der Waals surface area contributed by atoms with E-state index in [4.69, 9.17) is 9.47 Å². The van der Waals surface area contributed by atoms with E-state index in [9.17, 15) is 19.2 Å². The van der Waals surface area contributed by atoms with Crippen molar-refractivity contribution in [3.63, 3.8) is 0 Å². The van der Waals surface area contributed by atoms with Crippen LogP contribution in [0, 0.1) is 0 Å². The summed E-state index contributed by atoms with van der Waals surface area (Å²) in [5.74, 6) is -1.49. The molecule has 3 N–H and O–H groups in total. The van der Waals surface area contributed by atoms with Crippen LogP contribution in [0.4, 0.5) is 0 Å². The molecular formula is C24H30N4O6. The topological polar surface area (TPSA) is 126 Å². The van der Waals surface area contributed by atoms with Crippen molar-refractivity contribution in [2.75, 3.05) is 19.7 Å². The van der Waals surface area contributed by atoms with Gasteiger partial charge >= 0.3 is 5.97 Å². The molecule has 2 saturated heterocycles. The normalized spacial score (nSPS) is 29.0. The molecular weight excluding hydrogens is 440 g/mol. The van der Waals surface area contributed by atoms with Gasteiger partial charge in [-0.05, 0) is 31.9 Å². The Hall–Kier alpha value is -3.24. The number of nitrogens with zero attached hydrogens (tertiary/aromatic N) is 1. The van der Waals surface area contributed by atoms with Crippen molar-refractivity contribution >= 4 is 23.7 Å². The molecule has 10 nitrogen and oxygen atoms in total. The minimum atomic E-state index is -0.849. The Morgan fingerprint density at radius 2 is 1.88 bits per heavy atom. The highest BCUT2D eigenvalue weighted by Crippen LogP contribution is 2.22. The van der Waals surface area contributed by atoms with Crippen molar-refractivity contribution in [2.24, 2.45) is 0 Å². The number of ether oxygens (including phenoxy) is 2. The SMILES string of the molecule is CCOC1OC(=O)CC1NC(=O)[C@@H]1CNC[C@@H]2CC=CC[C@H](NC(=O)c3ccccc3)C(=O)N21. The number of carbonyl (C=O) groups is 4. The first-order valence-corrected chi connectivity index (χ1v) is 11.6. The molecule has 3 aliphatic heterocycles. The summed E-state index contributed by atoms with van der Waals surface area (Å²) in [6, 6.07) is 6.23. The Balaban J connectivity index is 1.51. The molecule has 10 heteroatoms. The van der Waals surface area contributed by atoms with Gasteiger partial charge in [0.05, 0.1) is 6.42 Å². The van der Waals surface area contributed by atoms with Gasteiger partial charge in [-0.25, -0.2) is 0 Å². The fraction of sp³-hybridized carbons (Fsp3) is 0.500. The Kier molecular flexibility index (Phi) is 7.59. The lowest BCUT2D eigenvalue weighted by atomic mass is 9.97. The summed E-state index contributed by atoms with van der Waals surface area (Å²) in [4.78, 5) is 53.0. The van der Waals surface area contributed by atoms with Gasteiger partial charge in [0.25, 0.3) is 5.91 Å². The third kappa shape index (κ3) is 5.28. The molecule has 0 bridgehead atoms. The van der Waals surface area contributed by atoms with Gasteiger partial charge in [-0.2, -0.15) is 0 Å². The molecule has 0 saturated carbocycles. The fourth-order valence-corrected chi connectivity index (χ4v) is 4.55. The average molecular weight is 471 g/mol. The summed E-state index contributed by atoms with van der Waals surface area (Å²) in [7, 11) is 0. The zero-order valence-corrected chi connectivity index (χ0v) is 19.1.